The van der Waals surface area contributed by atoms with Crippen molar-refractivity contribution in [3.8, 4) is 22.6 Å². The van der Waals surface area contributed by atoms with E-state index in [0.29, 0.717) is 5.82 Å². The van der Waals surface area contributed by atoms with E-state index in [1.807, 2.05) is 30.3 Å². The van der Waals surface area contributed by atoms with Crippen LogP contribution < -0.4 is 0 Å². The summed E-state index contributed by atoms with van der Waals surface area (Å²) >= 11 is 0. The first-order valence-corrected chi connectivity index (χ1v) is 7.14. The Morgan fingerprint density at radius 3 is 2.19 bits per heavy atom. The van der Waals surface area contributed by atoms with Gasteiger partial charge >= 0.3 is 0 Å². The Morgan fingerprint density at radius 2 is 1.52 bits per heavy atom. The molecule has 0 atom stereocenters. The van der Waals surface area contributed by atoms with Crippen LogP contribution in [0.1, 0.15) is 18.2 Å². The summed E-state index contributed by atoms with van der Waals surface area (Å²) in [6.45, 7) is 4.17. The number of hydrogen-bond donors (Lipinski definition) is 0. The molecule has 0 fully saturated rings. The van der Waals surface area contributed by atoms with Crippen LogP contribution in [0.4, 0.5) is 0 Å². The average Bonchev–Trinajstić information content (AvgIpc) is 2.56. The Balaban J connectivity index is 2.06. The first-order chi connectivity index (χ1) is 10.3. The third-order valence-corrected chi connectivity index (χ3v) is 3.45. The third-order valence-electron chi connectivity index (χ3n) is 3.45. The Hall–Kier alpha value is -2.55. The minimum Gasteiger partial charge on any atom is -0.229 e. The van der Waals surface area contributed by atoms with Crippen molar-refractivity contribution in [2.75, 3.05) is 0 Å². The lowest BCUT2D eigenvalue weighted by atomic mass is 10.1. The van der Waals surface area contributed by atoms with Gasteiger partial charge in [-0.15, -0.1) is 10.2 Å². The SMILES string of the molecule is CCc1nc(-c2ccccc2)nnc1-c1ccc(C)cc1. The number of benzene rings is 2. The second-order valence-corrected chi connectivity index (χ2v) is 5.02. The van der Waals surface area contributed by atoms with Crippen molar-refractivity contribution in [2.45, 2.75) is 20.3 Å². The molecule has 0 radical (unpaired) electrons. The largest absolute Gasteiger partial charge is 0.229 e. The van der Waals surface area contributed by atoms with E-state index in [1.54, 1.807) is 0 Å². The Kier molecular flexibility index (Phi) is 3.73. The van der Waals surface area contributed by atoms with Crippen molar-refractivity contribution in [1.82, 2.24) is 15.2 Å². The Bertz CT molecular complexity index is 734. The van der Waals surface area contributed by atoms with Crippen molar-refractivity contribution >= 4 is 0 Å². The maximum Gasteiger partial charge on any atom is 0.182 e. The van der Waals surface area contributed by atoms with Gasteiger partial charge in [-0.3, -0.25) is 0 Å². The summed E-state index contributed by atoms with van der Waals surface area (Å²) < 4.78 is 0. The van der Waals surface area contributed by atoms with Crippen LogP contribution in [0.15, 0.2) is 54.6 Å². The minimum atomic E-state index is 0.684. The van der Waals surface area contributed by atoms with Crippen LogP contribution in [0, 0.1) is 6.92 Å². The molecule has 104 valence electrons. The highest BCUT2D eigenvalue weighted by molar-refractivity contribution is 5.63. The fraction of sp³-hybridized carbons (Fsp3) is 0.167. The van der Waals surface area contributed by atoms with Gasteiger partial charge in [-0.2, -0.15) is 0 Å². The first-order valence-electron chi connectivity index (χ1n) is 7.14. The summed E-state index contributed by atoms with van der Waals surface area (Å²) in [4.78, 5) is 4.69. The maximum absolute atomic E-state index is 4.69. The molecule has 0 saturated carbocycles. The molecule has 1 heterocycles. The van der Waals surface area contributed by atoms with Gasteiger partial charge in [0, 0.05) is 11.1 Å². The van der Waals surface area contributed by atoms with Gasteiger partial charge < -0.3 is 0 Å². The number of aryl methyl sites for hydroxylation is 2. The molecule has 0 aliphatic carbocycles. The quantitative estimate of drug-likeness (QED) is 0.723. The highest BCUT2D eigenvalue weighted by Gasteiger charge is 2.10. The highest BCUT2D eigenvalue weighted by atomic mass is 15.2. The topological polar surface area (TPSA) is 38.7 Å². The van der Waals surface area contributed by atoms with Gasteiger partial charge in [-0.25, -0.2) is 4.98 Å². The van der Waals surface area contributed by atoms with E-state index in [9.17, 15) is 0 Å². The summed E-state index contributed by atoms with van der Waals surface area (Å²) in [5.74, 6) is 0.684. The Morgan fingerprint density at radius 1 is 0.810 bits per heavy atom. The van der Waals surface area contributed by atoms with Crippen LogP contribution in [0.2, 0.25) is 0 Å². The molecule has 2 aromatic carbocycles. The minimum absolute atomic E-state index is 0.684. The molecule has 0 aliphatic heterocycles. The molecule has 0 amide bonds. The number of nitrogens with zero attached hydrogens (tertiary/aromatic N) is 3. The fourth-order valence-electron chi connectivity index (χ4n) is 2.25. The molecule has 3 aromatic rings. The Labute approximate surface area is 124 Å². The summed E-state index contributed by atoms with van der Waals surface area (Å²) in [6, 6.07) is 18.3. The van der Waals surface area contributed by atoms with Crippen LogP contribution in [0.25, 0.3) is 22.6 Å². The smallest absolute Gasteiger partial charge is 0.182 e. The third kappa shape index (κ3) is 2.82. The molecule has 3 rings (SSSR count). The zero-order chi connectivity index (χ0) is 14.7. The molecule has 1 aromatic heterocycles. The van der Waals surface area contributed by atoms with Crippen LogP contribution in [-0.4, -0.2) is 15.2 Å². The second kappa shape index (κ2) is 5.83. The van der Waals surface area contributed by atoms with E-state index < -0.39 is 0 Å². The standard InChI is InChI=1S/C18H17N3/c1-3-16-17(14-11-9-13(2)10-12-14)20-21-18(19-16)15-7-5-4-6-8-15/h4-12H,3H2,1-2H3. The van der Waals surface area contributed by atoms with Crippen LogP contribution >= 0.6 is 0 Å². The van der Waals surface area contributed by atoms with Crippen molar-refractivity contribution < 1.29 is 0 Å². The van der Waals surface area contributed by atoms with Crippen molar-refractivity contribution in [3.05, 3.63) is 65.9 Å². The highest BCUT2D eigenvalue weighted by Crippen LogP contribution is 2.23. The van der Waals surface area contributed by atoms with Gasteiger partial charge in [-0.1, -0.05) is 67.1 Å². The fourth-order valence-corrected chi connectivity index (χ4v) is 2.25. The number of rotatable bonds is 3. The van der Waals surface area contributed by atoms with Gasteiger partial charge in [0.2, 0.25) is 0 Å². The van der Waals surface area contributed by atoms with E-state index in [0.717, 1.165) is 28.9 Å². The summed E-state index contributed by atoms with van der Waals surface area (Å²) in [7, 11) is 0. The number of hydrogen-bond acceptors (Lipinski definition) is 3. The van der Waals surface area contributed by atoms with E-state index >= 15 is 0 Å². The second-order valence-electron chi connectivity index (χ2n) is 5.02. The van der Waals surface area contributed by atoms with E-state index in [-0.39, 0.29) is 0 Å². The lowest BCUT2D eigenvalue weighted by molar-refractivity contribution is 0.917. The van der Waals surface area contributed by atoms with Gasteiger partial charge in [0.25, 0.3) is 0 Å². The molecule has 0 spiro atoms. The lowest BCUT2D eigenvalue weighted by Crippen LogP contribution is -2.02. The molecule has 0 unspecified atom stereocenters. The first kappa shape index (κ1) is 13.4. The van der Waals surface area contributed by atoms with E-state index in [1.165, 1.54) is 5.56 Å². The zero-order valence-electron chi connectivity index (χ0n) is 12.2. The van der Waals surface area contributed by atoms with Gasteiger partial charge in [0.15, 0.2) is 5.82 Å². The lowest BCUT2D eigenvalue weighted by Gasteiger charge is -2.08. The molecule has 3 heteroatoms. The summed E-state index contributed by atoms with van der Waals surface area (Å²) in [6.07, 6.45) is 0.832. The van der Waals surface area contributed by atoms with E-state index in [2.05, 4.69) is 53.3 Å². The van der Waals surface area contributed by atoms with Crippen molar-refractivity contribution in [2.24, 2.45) is 0 Å². The molecule has 3 nitrogen and oxygen atoms in total. The van der Waals surface area contributed by atoms with Gasteiger partial charge in [-0.05, 0) is 13.3 Å². The molecule has 21 heavy (non-hydrogen) atoms. The van der Waals surface area contributed by atoms with Gasteiger partial charge in [0.1, 0.15) is 5.69 Å². The molecule has 0 aliphatic rings. The van der Waals surface area contributed by atoms with E-state index in [4.69, 9.17) is 0 Å². The van der Waals surface area contributed by atoms with Crippen LogP contribution in [0.5, 0.6) is 0 Å². The predicted octanol–water partition coefficient (Wildman–Crippen LogP) is 4.08. The van der Waals surface area contributed by atoms with Crippen LogP contribution in [0.3, 0.4) is 0 Å². The normalized spacial score (nSPS) is 10.6. The van der Waals surface area contributed by atoms with Gasteiger partial charge in [0.05, 0.1) is 5.69 Å². The van der Waals surface area contributed by atoms with Crippen molar-refractivity contribution in [3.63, 3.8) is 0 Å². The van der Waals surface area contributed by atoms with Crippen LogP contribution in [-0.2, 0) is 6.42 Å². The monoisotopic (exact) mass is 275 g/mol. The van der Waals surface area contributed by atoms with Crippen molar-refractivity contribution in [1.29, 1.82) is 0 Å². The molecular formula is C18H17N3. The number of aromatic nitrogens is 3. The molecule has 0 N–H and O–H groups in total. The summed E-state index contributed by atoms with van der Waals surface area (Å²) in [5.41, 5.74) is 5.15. The maximum atomic E-state index is 4.69. The molecule has 0 bridgehead atoms. The molecular weight excluding hydrogens is 258 g/mol. The average molecular weight is 275 g/mol. The summed E-state index contributed by atoms with van der Waals surface area (Å²) in [5, 5.41) is 8.71. The zero-order valence-corrected chi connectivity index (χ0v) is 12.2. The molecule has 0 saturated heterocycles. The predicted molar refractivity (Wildman–Crippen MR) is 84.8 cm³/mol.